The maximum atomic E-state index is 12.1. The van der Waals surface area contributed by atoms with E-state index in [-0.39, 0.29) is 11.6 Å². The Morgan fingerprint density at radius 2 is 1.85 bits per heavy atom. The lowest BCUT2D eigenvalue weighted by Crippen LogP contribution is -2.17. The summed E-state index contributed by atoms with van der Waals surface area (Å²) < 4.78 is 32.7. The molecule has 0 saturated heterocycles. The number of pyridine rings is 1. The second-order valence-electron chi connectivity index (χ2n) is 6.08. The Labute approximate surface area is 154 Å². The molecule has 0 fully saturated rings. The van der Waals surface area contributed by atoms with Gasteiger partial charge in [0.1, 0.15) is 17.3 Å². The predicted molar refractivity (Wildman–Crippen MR) is 105 cm³/mol. The molecule has 0 radical (unpaired) electrons. The van der Waals surface area contributed by atoms with Gasteiger partial charge in [-0.05, 0) is 23.9 Å². The maximum absolute atomic E-state index is 12.1. The van der Waals surface area contributed by atoms with Crippen LogP contribution in [0.1, 0.15) is 26.2 Å². The van der Waals surface area contributed by atoms with Crippen LogP contribution in [0.25, 0.3) is 10.8 Å². The number of hydrogen-bond donors (Lipinski definition) is 1. The molecule has 0 spiro atoms. The number of nitrogens with one attached hydrogen (secondary N) is 1. The summed E-state index contributed by atoms with van der Waals surface area (Å²) in [6.07, 6.45) is 4.03. The number of benzene rings is 2. The van der Waals surface area contributed by atoms with E-state index in [1.807, 2.05) is 49.4 Å². The first-order chi connectivity index (χ1) is 12.6. The number of ether oxygens (including phenoxy) is 1. The van der Waals surface area contributed by atoms with Crippen molar-refractivity contribution < 1.29 is 13.2 Å². The van der Waals surface area contributed by atoms with E-state index in [0.29, 0.717) is 17.9 Å². The number of anilines is 1. The number of unbranched alkanes of at least 4 members (excludes halogenated alkanes) is 2. The van der Waals surface area contributed by atoms with Gasteiger partial charge in [-0.1, -0.05) is 56.2 Å². The average Bonchev–Trinajstić information content (AvgIpc) is 2.62. The molecule has 1 N–H and O–H groups in total. The Morgan fingerprint density at radius 3 is 2.69 bits per heavy atom. The zero-order valence-electron chi connectivity index (χ0n) is 14.7. The quantitative estimate of drug-likeness (QED) is 0.569. The molecule has 0 bridgehead atoms. The van der Waals surface area contributed by atoms with Gasteiger partial charge in [0.25, 0.3) is 0 Å². The van der Waals surface area contributed by atoms with Crippen molar-refractivity contribution in [2.75, 3.05) is 10.5 Å². The van der Waals surface area contributed by atoms with Crippen molar-refractivity contribution >= 4 is 26.6 Å². The van der Waals surface area contributed by atoms with Crippen LogP contribution in [0.3, 0.4) is 0 Å². The molecule has 136 valence electrons. The van der Waals surface area contributed by atoms with E-state index in [0.717, 1.165) is 23.6 Å². The summed E-state index contributed by atoms with van der Waals surface area (Å²) in [5, 5.41) is 2.07. The highest BCUT2D eigenvalue weighted by atomic mass is 32.2. The van der Waals surface area contributed by atoms with Crippen LogP contribution in [0.5, 0.6) is 11.5 Å². The Kier molecular flexibility index (Phi) is 5.73. The Bertz CT molecular complexity index is 982. The van der Waals surface area contributed by atoms with E-state index in [4.69, 9.17) is 4.74 Å². The standard InChI is InChI=1S/C20H22N2O3S/c1-2-3-6-14-26(23,24)22-20-15-17(12-13-21-20)25-19-11-7-9-16-8-4-5-10-18(16)19/h4-5,7-13,15H,2-3,6,14H2,1H3,(H,21,22). The zero-order chi connectivity index (χ0) is 18.4. The van der Waals surface area contributed by atoms with E-state index < -0.39 is 10.0 Å². The summed E-state index contributed by atoms with van der Waals surface area (Å²) in [5.41, 5.74) is 0. The fourth-order valence-electron chi connectivity index (χ4n) is 2.69. The number of hydrogen-bond acceptors (Lipinski definition) is 4. The molecule has 26 heavy (non-hydrogen) atoms. The Hall–Kier alpha value is -2.60. The smallest absolute Gasteiger partial charge is 0.233 e. The van der Waals surface area contributed by atoms with Gasteiger partial charge in [0.15, 0.2) is 0 Å². The summed E-state index contributed by atoms with van der Waals surface area (Å²) in [7, 11) is -3.40. The van der Waals surface area contributed by atoms with Crippen molar-refractivity contribution in [2.24, 2.45) is 0 Å². The van der Waals surface area contributed by atoms with E-state index in [2.05, 4.69) is 9.71 Å². The topological polar surface area (TPSA) is 68.3 Å². The highest BCUT2D eigenvalue weighted by Crippen LogP contribution is 2.30. The van der Waals surface area contributed by atoms with Crippen LogP contribution in [-0.2, 0) is 10.0 Å². The summed E-state index contributed by atoms with van der Waals surface area (Å²) in [5.74, 6) is 1.60. The molecule has 1 heterocycles. The van der Waals surface area contributed by atoms with Gasteiger partial charge in [-0.15, -0.1) is 0 Å². The lowest BCUT2D eigenvalue weighted by Gasteiger charge is -2.11. The lowest BCUT2D eigenvalue weighted by atomic mass is 10.1. The molecule has 0 atom stereocenters. The number of nitrogens with zero attached hydrogens (tertiary/aromatic N) is 1. The molecule has 0 amide bonds. The Morgan fingerprint density at radius 1 is 1.04 bits per heavy atom. The molecule has 0 saturated carbocycles. The molecule has 0 aliphatic carbocycles. The molecular formula is C20H22N2O3S. The number of fused-ring (bicyclic) bond motifs is 1. The van der Waals surface area contributed by atoms with E-state index in [9.17, 15) is 8.42 Å². The van der Waals surface area contributed by atoms with Crippen LogP contribution in [0.2, 0.25) is 0 Å². The summed E-state index contributed by atoms with van der Waals surface area (Å²) >= 11 is 0. The summed E-state index contributed by atoms with van der Waals surface area (Å²) in [4.78, 5) is 4.09. The van der Waals surface area contributed by atoms with E-state index in [1.54, 1.807) is 12.1 Å². The third-order valence-electron chi connectivity index (χ3n) is 3.99. The third-order valence-corrected chi connectivity index (χ3v) is 5.33. The molecule has 0 aliphatic heterocycles. The summed E-state index contributed by atoms with van der Waals surface area (Å²) in [6.45, 7) is 2.04. The van der Waals surface area contributed by atoms with Crippen molar-refractivity contribution in [2.45, 2.75) is 26.2 Å². The zero-order valence-corrected chi connectivity index (χ0v) is 15.5. The minimum absolute atomic E-state index is 0.0942. The average molecular weight is 370 g/mol. The van der Waals surface area contributed by atoms with Crippen LogP contribution in [0.15, 0.2) is 60.8 Å². The van der Waals surface area contributed by atoms with Gasteiger partial charge in [0.05, 0.1) is 5.75 Å². The molecule has 0 unspecified atom stereocenters. The lowest BCUT2D eigenvalue weighted by molar-refractivity contribution is 0.488. The molecule has 0 aliphatic rings. The van der Waals surface area contributed by atoms with Crippen LogP contribution < -0.4 is 9.46 Å². The van der Waals surface area contributed by atoms with Gasteiger partial charge >= 0.3 is 0 Å². The molecular weight excluding hydrogens is 348 g/mol. The molecule has 5 nitrogen and oxygen atoms in total. The van der Waals surface area contributed by atoms with Gasteiger partial charge in [-0.3, -0.25) is 4.72 Å². The minimum Gasteiger partial charge on any atom is -0.457 e. The van der Waals surface area contributed by atoms with Crippen molar-refractivity contribution in [1.29, 1.82) is 0 Å². The molecule has 3 rings (SSSR count). The van der Waals surface area contributed by atoms with Crippen molar-refractivity contribution in [3.05, 3.63) is 60.8 Å². The predicted octanol–water partition coefficient (Wildman–Crippen LogP) is 4.96. The van der Waals surface area contributed by atoms with Gasteiger partial charge in [0.2, 0.25) is 10.0 Å². The van der Waals surface area contributed by atoms with Crippen LogP contribution >= 0.6 is 0 Å². The van der Waals surface area contributed by atoms with Crippen LogP contribution in [0.4, 0.5) is 5.82 Å². The second kappa shape index (κ2) is 8.19. The van der Waals surface area contributed by atoms with Crippen molar-refractivity contribution in [1.82, 2.24) is 4.98 Å². The fraction of sp³-hybridized carbons (Fsp3) is 0.250. The highest BCUT2D eigenvalue weighted by Gasteiger charge is 2.12. The first-order valence-electron chi connectivity index (χ1n) is 8.69. The van der Waals surface area contributed by atoms with Crippen LogP contribution in [0, 0.1) is 0 Å². The minimum atomic E-state index is -3.40. The van der Waals surface area contributed by atoms with Gasteiger partial charge in [0, 0.05) is 17.6 Å². The van der Waals surface area contributed by atoms with Crippen molar-refractivity contribution in [3.8, 4) is 11.5 Å². The van der Waals surface area contributed by atoms with Crippen LogP contribution in [-0.4, -0.2) is 19.2 Å². The Balaban J connectivity index is 1.77. The summed E-state index contributed by atoms with van der Waals surface area (Å²) in [6, 6.07) is 17.1. The largest absolute Gasteiger partial charge is 0.457 e. The highest BCUT2D eigenvalue weighted by molar-refractivity contribution is 7.92. The van der Waals surface area contributed by atoms with E-state index in [1.165, 1.54) is 6.20 Å². The van der Waals surface area contributed by atoms with E-state index >= 15 is 0 Å². The maximum Gasteiger partial charge on any atom is 0.233 e. The molecule has 3 aromatic rings. The first kappa shape index (κ1) is 18.2. The normalized spacial score (nSPS) is 11.4. The SMILES string of the molecule is CCCCCS(=O)(=O)Nc1cc(Oc2cccc3ccccc23)ccn1. The molecule has 1 aromatic heterocycles. The van der Waals surface area contributed by atoms with Gasteiger partial charge in [-0.2, -0.15) is 0 Å². The first-order valence-corrected chi connectivity index (χ1v) is 10.3. The van der Waals surface area contributed by atoms with Gasteiger partial charge < -0.3 is 4.74 Å². The number of aromatic nitrogens is 1. The molecule has 2 aromatic carbocycles. The number of rotatable bonds is 8. The molecule has 6 heteroatoms. The number of sulfonamides is 1. The second-order valence-corrected chi connectivity index (χ2v) is 7.93. The monoisotopic (exact) mass is 370 g/mol. The van der Waals surface area contributed by atoms with Crippen molar-refractivity contribution in [3.63, 3.8) is 0 Å². The fourth-order valence-corrected chi connectivity index (χ4v) is 3.81. The van der Waals surface area contributed by atoms with Gasteiger partial charge in [-0.25, -0.2) is 13.4 Å². The third kappa shape index (κ3) is 4.73.